The Labute approximate surface area is 174 Å². The molecule has 2 aliphatic heterocycles. The van der Waals surface area contributed by atoms with E-state index in [1.54, 1.807) is 26.1 Å². The molecule has 154 valence electrons. The average molecular weight is 406 g/mol. The lowest BCUT2D eigenvalue weighted by molar-refractivity contribution is 0.0680. The van der Waals surface area contributed by atoms with E-state index < -0.39 is 0 Å². The van der Waals surface area contributed by atoms with Crippen LogP contribution >= 0.6 is 0 Å². The summed E-state index contributed by atoms with van der Waals surface area (Å²) in [6, 6.07) is 12.2. The molecule has 2 aromatic heterocycles. The van der Waals surface area contributed by atoms with Gasteiger partial charge in [0.15, 0.2) is 5.89 Å². The quantitative estimate of drug-likeness (QED) is 0.663. The van der Waals surface area contributed by atoms with E-state index in [1.165, 1.54) is 12.1 Å². The van der Waals surface area contributed by atoms with Crippen LogP contribution in [0, 0.1) is 31.5 Å². The van der Waals surface area contributed by atoms with E-state index in [9.17, 15) is 9.18 Å². The van der Waals surface area contributed by atoms with E-state index in [0.717, 1.165) is 24.5 Å². The Kier molecular flexibility index (Phi) is 4.53. The fraction of sp³-hybridized carbons (Fsp3) is 0.348. The lowest BCUT2D eigenvalue weighted by Gasteiger charge is -2.29. The number of fused-ring (bicyclic) bond motifs is 1. The zero-order chi connectivity index (χ0) is 20.8. The van der Waals surface area contributed by atoms with E-state index in [2.05, 4.69) is 14.9 Å². The predicted molar refractivity (Wildman–Crippen MR) is 110 cm³/mol. The van der Waals surface area contributed by atoms with Crippen LogP contribution in [-0.2, 0) is 0 Å². The number of rotatable bonds is 3. The molecule has 7 heteroatoms. The average Bonchev–Trinajstić information content (AvgIpc) is 3.40. The first kappa shape index (κ1) is 18.8. The number of halogens is 1. The van der Waals surface area contributed by atoms with Gasteiger partial charge in [-0.25, -0.2) is 14.4 Å². The number of carbonyl (C=O) groups excluding carboxylic acids is 1. The SMILES string of the molecule is Cc1nc(C)c(C(=O)N2C[C@@H]3CN(c4ccccn4)C[C@@H]3[C@H]2c2cccc(F)c2)o1. The van der Waals surface area contributed by atoms with Crippen LogP contribution in [0.1, 0.15) is 33.7 Å². The van der Waals surface area contributed by atoms with Crippen molar-refractivity contribution >= 4 is 11.7 Å². The highest BCUT2D eigenvalue weighted by Gasteiger charge is 2.50. The number of anilines is 1. The van der Waals surface area contributed by atoms with Crippen molar-refractivity contribution < 1.29 is 13.6 Å². The van der Waals surface area contributed by atoms with Crippen molar-refractivity contribution in [3.8, 4) is 0 Å². The van der Waals surface area contributed by atoms with Crippen LogP contribution in [0.15, 0.2) is 53.1 Å². The minimum atomic E-state index is -0.297. The maximum atomic E-state index is 14.1. The van der Waals surface area contributed by atoms with Crippen LogP contribution in [0.3, 0.4) is 0 Å². The van der Waals surface area contributed by atoms with Crippen LogP contribution in [0.5, 0.6) is 0 Å². The molecule has 0 unspecified atom stereocenters. The third-order valence-corrected chi connectivity index (χ3v) is 6.19. The summed E-state index contributed by atoms with van der Waals surface area (Å²) < 4.78 is 19.7. The zero-order valence-corrected chi connectivity index (χ0v) is 17.0. The third-order valence-electron chi connectivity index (χ3n) is 6.19. The van der Waals surface area contributed by atoms with Gasteiger partial charge in [0.2, 0.25) is 5.76 Å². The molecule has 2 fully saturated rings. The first-order valence-corrected chi connectivity index (χ1v) is 10.2. The van der Waals surface area contributed by atoms with Gasteiger partial charge in [-0.1, -0.05) is 18.2 Å². The first-order valence-electron chi connectivity index (χ1n) is 10.2. The van der Waals surface area contributed by atoms with Crippen molar-refractivity contribution in [2.24, 2.45) is 11.8 Å². The van der Waals surface area contributed by atoms with Crippen molar-refractivity contribution in [3.63, 3.8) is 0 Å². The Bertz CT molecular complexity index is 1080. The van der Waals surface area contributed by atoms with Crippen molar-refractivity contribution in [2.45, 2.75) is 19.9 Å². The molecule has 3 atom stereocenters. The van der Waals surface area contributed by atoms with Gasteiger partial charge in [-0.05, 0) is 36.8 Å². The highest BCUT2D eigenvalue weighted by molar-refractivity contribution is 5.93. The minimum absolute atomic E-state index is 0.179. The summed E-state index contributed by atoms with van der Waals surface area (Å²) in [5.74, 6) is 1.66. The highest BCUT2D eigenvalue weighted by atomic mass is 19.1. The van der Waals surface area contributed by atoms with E-state index in [4.69, 9.17) is 4.42 Å². The molecule has 0 spiro atoms. The standard InChI is InChI=1S/C23H23FN4O2/c1-14-22(30-15(2)26-14)23(29)28-12-17-11-27(20-8-3-4-9-25-20)13-19(17)21(28)16-6-5-7-18(24)10-16/h3-10,17,19,21H,11-13H2,1-2H3/t17-,19-,21+/m0/s1. The summed E-state index contributed by atoms with van der Waals surface area (Å²) in [5, 5.41) is 0. The van der Waals surface area contributed by atoms with Crippen LogP contribution in [0.25, 0.3) is 0 Å². The monoisotopic (exact) mass is 406 g/mol. The van der Waals surface area contributed by atoms with Crippen molar-refractivity contribution in [3.05, 3.63) is 77.4 Å². The van der Waals surface area contributed by atoms with E-state index in [0.29, 0.717) is 18.1 Å². The molecule has 0 aliphatic carbocycles. The fourth-order valence-corrected chi connectivity index (χ4v) is 4.96. The number of benzene rings is 1. The Morgan fingerprint density at radius 2 is 2.00 bits per heavy atom. The number of likely N-dealkylation sites (tertiary alicyclic amines) is 1. The molecule has 2 saturated heterocycles. The number of amides is 1. The summed E-state index contributed by atoms with van der Waals surface area (Å²) in [4.78, 5) is 26.2. The van der Waals surface area contributed by atoms with Gasteiger partial charge in [-0.3, -0.25) is 4.79 Å². The molecule has 0 N–H and O–H groups in total. The van der Waals surface area contributed by atoms with Crippen LogP contribution in [-0.4, -0.2) is 40.4 Å². The predicted octanol–water partition coefficient (Wildman–Crippen LogP) is 3.78. The van der Waals surface area contributed by atoms with Crippen LogP contribution < -0.4 is 4.90 Å². The number of hydrogen-bond donors (Lipinski definition) is 0. The normalized spacial score (nSPS) is 23.1. The van der Waals surface area contributed by atoms with Gasteiger partial charge in [0.25, 0.3) is 5.91 Å². The largest absolute Gasteiger partial charge is 0.436 e. The summed E-state index contributed by atoms with van der Waals surface area (Å²) in [5.41, 5.74) is 1.40. The first-order chi connectivity index (χ1) is 14.5. The molecule has 3 aromatic rings. The topological polar surface area (TPSA) is 62.5 Å². The summed E-state index contributed by atoms with van der Waals surface area (Å²) in [6.45, 7) is 5.68. The Morgan fingerprint density at radius 3 is 2.70 bits per heavy atom. The van der Waals surface area contributed by atoms with Crippen molar-refractivity contribution in [1.29, 1.82) is 0 Å². The molecular weight excluding hydrogens is 383 g/mol. The number of aromatic nitrogens is 2. The van der Waals surface area contributed by atoms with E-state index in [1.807, 2.05) is 29.2 Å². The van der Waals surface area contributed by atoms with Gasteiger partial charge in [0.05, 0.1) is 11.7 Å². The number of carbonyl (C=O) groups is 1. The molecule has 0 bridgehead atoms. The van der Waals surface area contributed by atoms with Gasteiger partial charge < -0.3 is 14.2 Å². The maximum Gasteiger partial charge on any atom is 0.292 e. The lowest BCUT2D eigenvalue weighted by Crippen LogP contribution is -2.36. The van der Waals surface area contributed by atoms with Gasteiger partial charge in [0, 0.05) is 44.6 Å². The van der Waals surface area contributed by atoms with Gasteiger partial charge in [-0.2, -0.15) is 0 Å². The second kappa shape index (κ2) is 7.23. The van der Waals surface area contributed by atoms with Crippen LogP contribution in [0.4, 0.5) is 10.2 Å². The Morgan fingerprint density at radius 1 is 1.13 bits per heavy atom. The minimum Gasteiger partial charge on any atom is -0.436 e. The van der Waals surface area contributed by atoms with Crippen molar-refractivity contribution in [1.82, 2.24) is 14.9 Å². The maximum absolute atomic E-state index is 14.1. The fourth-order valence-electron chi connectivity index (χ4n) is 4.96. The summed E-state index contributed by atoms with van der Waals surface area (Å²) in [6.07, 6.45) is 1.79. The number of nitrogens with zero attached hydrogens (tertiary/aromatic N) is 4. The number of aryl methyl sites for hydroxylation is 2. The molecule has 4 heterocycles. The summed E-state index contributed by atoms with van der Waals surface area (Å²) in [7, 11) is 0. The van der Waals surface area contributed by atoms with Gasteiger partial charge in [-0.15, -0.1) is 0 Å². The molecular formula is C23H23FN4O2. The smallest absolute Gasteiger partial charge is 0.292 e. The Hall–Kier alpha value is -3.22. The van der Waals surface area contributed by atoms with E-state index in [-0.39, 0.29) is 35.4 Å². The van der Waals surface area contributed by atoms with Gasteiger partial charge in [0.1, 0.15) is 11.6 Å². The number of pyridine rings is 1. The summed E-state index contributed by atoms with van der Waals surface area (Å²) >= 11 is 0. The lowest BCUT2D eigenvalue weighted by atomic mass is 9.89. The molecule has 2 aliphatic rings. The third kappa shape index (κ3) is 3.14. The Balaban J connectivity index is 1.50. The highest BCUT2D eigenvalue weighted by Crippen LogP contribution is 2.46. The molecule has 1 amide bonds. The zero-order valence-electron chi connectivity index (χ0n) is 17.0. The molecule has 30 heavy (non-hydrogen) atoms. The second-order valence-electron chi connectivity index (χ2n) is 8.12. The molecule has 0 radical (unpaired) electrons. The molecule has 0 saturated carbocycles. The number of hydrogen-bond acceptors (Lipinski definition) is 5. The number of oxazole rings is 1. The van der Waals surface area contributed by atoms with Crippen LogP contribution in [0.2, 0.25) is 0 Å². The second-order valence-corrected chi connectivity index (χ2v) is 8.12. The van der Waals surface area contributed by atoms with E-state index >= 15 is 0 Å². The van der Waals surface area contributed by atoms with Crippen molar-refractivity contribution in [2.75, 3.05) is 24.5 Å². The van der Waals surface area contributed by atoms with Gasteiger partial charge >= 0.3 is 0 Å². The molecule has 1 aromatic carbocycles. The molecule has 6 nitrogen and oxygen atoms in total. The molecule has 5 rings (SSSR count).